The summed E-state index contributed by atoms with van der Waals surface area (Å²) in [6.45, 7) is 21.2. The lowest BCUT2D eigenvalue weighted by Gasteiger charge is -2.18. The minimum atomic E-state index is 0.595. The number of hydrogen-bond donors (Lipinski definition) is 0. The Labute approximate surface area is 204 Å². The molecule has 0 unspecified atom stereocenters. The Bertz CT molecular complexity index is 812. The van der Waals surface area contributed by atoms with Crippen LogP contribution in [0.15, 0.2) is 109 Å². The zero-order valence-corrected chi connectivity index (χ0v) is 20.0. The number of azo groups is 1. The molecule has 0 fully saturated rings. The van der Waals surface area contributed by atoms with Crippen LogP contribution in [-0.2, 0) is 0 Å². The highest BCUT2D eigenvalue weighted by molar-refractivity contribution is 5.44. The zero-order chi connectivity index (χ0) is 24.4. The first kappa shape index (κ1) is 26.8. The molecule has 0 radical (unpaired) electrons. The first-order chi connectivity index (χ1) is 16.7. The zero-order valence-electron chi connectivity index (χ0n) is 20.0. The van der Waals surface area contributed by atoms with E-state index in [1.165, 1.54) is 0 Å². The van der Waals surface area contributed by atoms with Gasteiger partial charge in [0.2, 0.25) is 0 Å². The van der Waals surface area contributed by atoms with Crippen LogP contribution < -0.4 is 9.47 Å². The molecule has 6 heteroatoms. The molecule has 0 N–H and O–H groups in total. The van der Waals surface area contributed by atoms with Crippen molar-refractivity contribution in [2.75, 3.05) is 52.5 Å². The van der Waals surface area contributed by atoms with Gasteiger partial charge in [-0.1, -0.05) is 24.3 Å². The molecule has 0 saturated carbocycles. The van der Waals surface area contributed by atoms with E-state index in [4.69, 9.17) is 9.47 Å². The third kappa shape index (κ3) is 10.4. The average molecular weight is 461 g/mol. The highest BCUT2D eigenvalue weighted by atomic mass is 16.5. The molecule has 34 heavy (non-hydrogen) atoms. The number of hydrogen-bond acceptors (Lipinski definition) is 6. The van der Waals surface area contributed by atoms with E-state index < -0.39 is 0 Å². The van der Waals surface area contributed by atoms with Gasteiger partial charge in [-0.15, -0.1) is 26.3 Å². The quantitative estimate of drug-likeness (QED) is 0.196. The maximum atomic E-state index is 5.82. The van der Waals surface area contributed by atoms with Gasteiger partial charge in [0.1, 0.15) is 24.7 Å². The van der Waals surface area contributed by atoms with Crippen molar-refractivity contribution in [3.05, 3.63) is 99.2 Å². The van der Waals surface area contributed by atoms with Crippen molar-refractivity contribution in [3.63, 3.8) is 0 Å². The van der Waals surface area contributed by atoms with E-state index in [0.717, 1.165) is 62.1 Å². The highest BCUT2D eigenvalue weighted by Gasteiger charge is 2.03. The first-order valence-corrected chi connectivity index (χ1v) is 11.4. The molecule has 2 aromatic carbocycles. The highest BCUT2D eigenvalue weighted by Crippen LogP contribution is 2.23. The van der Waals surface area contributed by atoms with E-state index >= 15 is 0 Å². The third-order valence-electron chi connectivity index (χ3n) is 4.86. The lowest BCUT2D eigenvalue weighted by atomic mass is 10.3. The van der Waals surface area contributed by atoms with Crippen LogP contribution in [0.2, 0.25) is 0 Å². The van der Waals surface area contributed by atoms with Gasteiger partial charge in [-0.3, -0.25) is 9.80 Å². The predicted molar refractivity (Wildman–Crippen MR) is 142 cm³/mol. The lowest BCUT2D eigenvalue weighted by molar-refractivity contribution is 0.236. The summed E-state index contributed by atoms with van der Waals surface area (Å²) in [5, 5.41) is 8.61. The standard InChI is InChI=1S/C28H36N4O2/c1-5-17-31(18-6-2)21-23-33-27-13-9-25(10-14-27)29-30-26-11-15-28(16-12-26)34-24-22-32(19-7-3)20-8-4/h5-16H,1-4,17-24H2/b30-29+. The molecule has 0 aliphatic carbocycles. The number of ether oxygens (including phenoxy) is 2. The molecule has 6 nitrogen and oxygen atoms in total. The second kappa shape index (κ2) is 16.2. The Balaban J connectivity index is 1.78. The van der Waals surface area contributed by atoms with Gasteiger partial charge in [-0.05, 0) is 48.5 Å². The molecule has 0 spiro atoms. The summed E-state index contributed by atoms with van der Waals surface area (Å²) in [7, 11) is 0. The van der Waals surface area contributed by atoms with E-state index in [1.54, 1.807) is 0 Å². The van der Waals surface area contributed by atoms with Crippen LogP contribution >= 0.6 is 0 Å². The Morgan fingerprint density at radius 3 is 1.18 bits per heavy atom. The second-order valence-electron chi connectivity index (χ2n) is 7.56. The maximum absolute atomic E-state index is 5.82. The van der Waals surface area contributed by atoms with Gasteiger partial charge in [0.05, 0.1) is 11.4 Å². The fourth-order valence-electron chi connectivity index (χ4n) is 3.16. The maximum Gasteiger partial charge on any atom is 0.119 e. The van der Waals surface area contributed by atoms with E-state index in [9.17, 15) is 0 Å². The van der Waals surface area contributed by atoms with Gasteiger partial charge < -0.3 is 9.47 Å². The summed E-state index contributed by atoms with van der Waals surface area (Å²) in [4.78, 5) is 4.42. The summed E-state index contributed by atoms with van der Waals surface area (Å²) in [5.41, 5.74) is 1.52. The van der Waals surface area contributed by atoms with Crippen molar-refractivity contribution < 1.29 is 9.47 Å². The van der Waals surface area contributed by atoms with Crippen molar-refractivity contribution in [2.24, 2.45) is 10.2 Å². The molecule has 0 atom stereocenters. The van der Waals surface area contributed by atoms with Gasteiger partial charge in [-0.25, -0.2) is 0 Å². The first-order valence-electron chi connectivity index (χ1n) is 11.4. The number of rotatable bonds is 18. The number of nitrogens with zero attached hydrogens (tertiary/aromatic N) is 4. The van der Waals surface area contributed by atoms with Crippen molar-refractivity contribution in [2.45, 2.75) is 0 Å². The Hall–Kier alpha value is -3.48. The third-order valence-corrected chi connectivity index (χ3v) is 4.86. The van der Waals surface area contributed by atoms with Crippen LogP contribution in [-0.4, -0.2) is 62.3 Å². The monoisotopic (exact) mass is 460 g/mol. The molecule has 0 aliphatic heterocycles. The smallest absolute Gasteiger partial charge is 0.119 e. The molecule has 0 saturated heterocycles. The predicted octanol–water partition coefficient (Wildman–Crippen LogP) is 6.21. The molecule has 0 amide bonds. The van der Waals surface area contributed by atoms with E-state index in [2.05, 4.69) is 46.3 Å². The summed E-state index contributed by atoms with van der Waals surface area (Å²) < 4.78 is 11.6. The molecule has 0 aromatic heterocycles. The minimum Gasteiger partial charge on any atom is -0.492 e. The second-order valence-corrected chi connectivity index (χ2v) is 7.56. The minimum absolute atomic E-state index is 0.595. The SMILES string of the molecule is C=CCN(CC=C)CCOc1ccc(/N=N/c2ccc(OCCN(CC=C)CC=C)cc2)cc1. The normalized spacial score (nSPS) is 11.0. The van der Waals surface area contributed by atoms with Gasteiger partial charge in [0, 0.05) is 39.3 Å². The fourth-order valence-corrected chi connectivity index (χ4v) is 3.16. The fraction of sp³-hybridized carbons (Fsp3) is 0.286. The van der Waals surface area contributed by atoms with Crippen LogP contribution in [0, 0.1) is 0 Å². The summed E-state index contributed by atoms with van der Waals surface area (Å²) in [5.74, 6) is 1.61. The Morgan fingerprint density at radius 2 is 0.882 bits per heavy atom. The van der Waals surface area contributed by atoms with Crippen molar-refractivity contribution in [1.82, 2.24) is 9.80 Å². The van der Waals surface area contributed by atoms with E-state index in [1.807, 2.05) is 72.8 Å². The van der Waals surface area contributed by atoms with Gasteiger partial charge in [-0.2, -0.15) is 10.2 Å². The van der Waals surface area contributed by atoms with Gasteiger partial charge >= 0.3 is 0 Å². The molecule has 0 heterocycles. The van der Waals surface area contributed by atoms with Crippen molar-refractivity contribution >= 4 is 11.4 Å². The molecule has 2 aromatic rings. The topological polar surface area (TPSA) is 49.7 Å². The average Bonchev–Trinajstić information content (AvgIpc) is 2.85. The van der Waals surface area contributed by atoms with E-state index in [-0.39, 0.29) is 0 Å². The van der Waals surface area contributed by atoms with Crippen LogP contribution in [0.1, 0.15) is 0 Å². The molecule has 2 rings (SSSR count). The summed E-state index contributed by atoms with van der Waals surface area (Å²) in [6, 6.07) is 15.2. The lowest BCUT2D eigenvalue weighted by Crippen LogP contribution is -2.28. The van der Waals surface area contributed by atoms with Crippen LogP contribution in [0.3, 0.4) is 0 Å². The molecule has 0 bridgehead atoms. The van der Waals surface area contributed by atoms with Gasteiger partial charge in [0.25, 0.3) is 0 Å². The molecular formula is C28H36N4O2. The van der Waals surface area contributed by atoms with Crippen molar-refractivity contribution in [1.29, 1.82) is 0 Å². The molecule has 180 valence electrons. The van der Waals surface area contributed by atoms with Crippen LogP contribution in [0.4, 0.5) is 11.4 Å². The van der Waals surface area contributed by atoms with Gasteiger partial charge in [0.15, 0.2) is 0 Å². The Kier molecular flexibility index (Phi) is 12.7. The molecule has 0 aliphatic rings. The van der Waals surface area contributed by atoms with Crippen molar-refractivity contribution in [3.8, 4) is 11.5 Å². The van der Waals surface area contributed by atoms with E-state index in [0.29, 0.717) is 13.2 Å². The molecular weight excluding hydrogens is 424 g/mol. The largest absolute Gasteiger partial charge is 0.492 e. The summed E-state index contributed by atoms with van der Waals surface area (Å²) in [6.07, 6.45) is 7.53. The Morgan fingerprint density at radius 1 is 0.559 bits per heavy atom. The van der Waals surface area contributed by atoms with Crippen LogP contribution in [0.5, 0.6) is 11.5 Å². The summed E-state index contributed by atoms with van der Waals surface area (Å²) >= 11 is 0. The number of benzene rings is 2. The van der Waals surface area contributed by atoms with Crippen LogP contribution in [0.25, 0.3) is 0 Å².